The van der Waals surface area contributed by atoms with Crippen molar-refractivity contribution in [1.29, 1.82) is 0 Å². The summed E-state index contributed by atoms with van der Waals surface area (Å²) in [7, 11) is 2.98. The van der Waals surface area contributed by atoms with Crippen LogP contribution >= 0.6 is 23.1 Å². The van der Waals surface area contributed by atoms with Crippen LogP contribution in [0.3, 0.4) is 0 Å². The van der Waals surface area contributed by atoms with Gasteiger partial charge in [0.2, 0.25) is 11.1 Å². The number of nitrogens with zero attached hydrogens (tertiary/aromatic N) is 4. The number of thioether (sulfide) groups is 1. The van der Waals surface area contributed by atoms with Gasteiger partial charge in [-0.1, -0.05) is 23.9 Å². The fraction of sp³-hybridized carbons (Fsp3) is 0.381. The molecule has 1 aromatic carbocycles. The van der Waals surface area contributed by atoms with Crippen molar-refractivity contribution in [2.24, 2.45) is 0 Å². The summed E-state index contributed by atoms with van der Waals surface area (Å²) in [5.41, 5.74) is 2.52. The molecular weight excluding hydrogens is 450 g/mol. The second-order valence-corrected chi connectivity index (χ2v) is 9.26. The van der Waals surface area contributed by atoms with E-state index in [0.717, 1.165) is 47.4 Å². The minimum Gasteiger partial charge on any atom is -0.497 e. The Morgan fingerprint density at radius 1 is 1.19 bits per heavy atom. The van der Waals surface area contributed by atoms with Crippen molar-refractivity contribution in [2.75, 3.05) is 25.3 Å². The molecule has 2 heterocycles. The zero-order valence-electron chi connectivity index (χ0n) is 17.8. The molecule has 0 spiro atoms. The van der Waals surface area contributed by atoms with Crippen LogP contribution in [0.5, 0.6) is 5.75 Å². The number of aryl methyl sites for hydroxylation is 1. The topological polar surface area (TPSA) is 108 Å². The summed E-state index contributed by atoms with van der Waals surface area (Å²) in [6.07, 6.45) is 3.89. The van der Waals surface area contributed by atoms with Crippen LogP contribution in [-0.4, -0.2) is 52.1 Å². The molecule has 0 unspecified atom stereocenters. The maximum atomic E-state index is 12.7. The summed E-state index contributed by atoms with van der Waals surface area (Å²) >= 11 is 2.71. The molecule has 0 bridgehead atoms. The van der Waals surface area contributed by atoms with E-state index in [0.29, 0.717) is 22.3 Å². The Morgan fingerprint density at radius 2 is 1.97 bits per heavy atom. The number of methoxy groups -OCH3 is 2. The molecular formula is C21H23N5O4S2. The molecule has 0 radical (unpaired) electrons. The minimum atomic E-state index is -0.407. The smallest absolute Gasteiger partial charge is 0.341 e. The first-order valence-electron chi connectivity index (χ1n) is 10.1. The number of nitrogens with one attached hydrogen (secondary N) is 1. The molecule has 0 saturated heterocycles. The Labute approximate surface area is 193 Å². The molecule has 4 rings (SSSR count). The van der Waals surface area contributed by atoms with Crippen LogP contribution < -0.4 is 10.1 Å². The van der Waals surface area contributed by atoms with E-state index in [1.165, 1.54) is 30.2 Å². The molecule has 1 aliphatic carbocycles. The Morgan fingerprint density at radius 3 is 2.72 bits per heavy atom. The van der Waals surface area contributed by atoms with Gasteiger partial charge in [-0.15, -0.1) is 16.4 Å². The third-order valence-corrected chi connectivity index (χ3v) is 7.30. The van der Waals surface area contributed by atoms with E-state index in [1.54, 1.807) is 11.8 Å². The monoisotopic (exact) mass is 473 g/mol. The van der Waals surface area contributed by atoms with Crippen LogP contribution in [0.4, 0.5) is 5.00 Å². The highest BCUT2D eigenvalue weighted by Gasteiger charge is 2.27. The number of hydrogen-bond donors (Lipinski definition) is 1. The van der Waals surface area contributed by atoms with Crippen LogP contribution in [0.2, 0.25) is 0 Å². The van der Waals surface area contributed by atoms with Gasteiger partial charge in [-0.3, -0.25) is 4.79 Å². The summed E-state index contributed by atoms with van der Waals surface area (Å²) < 4.78 is 11.8. The van der Waals surface area contributed by atoms with Crippen molar-refractivity contribution in [3.63, 3.8) is 0 Å². The zero-order chi connectivity index (χ0) is 22.5. The second kappa shape index (κ2) is 10.1. The lowest BCUT2D eigenvalue weighted by molar-refractivity contribution is -0.113. The molecule has 0 fully saturated rings. The molecule has 0 aliphatic heterocycles. The molecule has 0 atom stereocenters. The van der Waals surface area contributed by atoms with Crippen molar-refractivity contribution in [3.8, 4) is 5.75 Å². The van der Waals surface area contributed by atoms with Gasteiger partial charge in [-0.2, -0.15) is 0 Å². The Hall–Kier alpha value is -2.92. The Balaban J connectivity index is 1.40. The van der Waals surface area contributed by atoms with E-state index < -0.39 is 5.97 Å². The molecule has 3 aromatic rings. The number of anilines is 1. The predicted octanol–water partition coefficient (Wildman–Crippen LogP) is 3.19. The van der Waals surface area contributed by atoms with Crippen molar-refractivity contribution in [2.45, 2.75) is 37.4 Å². The van der Waals surface area contributed by atoms with E-state index in [2.05, 4.69) is 20.8 Å². The number of ether oxygens (including phenoxy) is 2. The van der Waals surface area contributed by atoms with Crippen LogP contribution in [0.25, 0.3) is 0 Å². The van der Waals surface area contributed by atoms with Crippen molar-refractivity contribution < 1.29 is 19.1 Å². The quantitative estimate of drug-likeness (QED) is 0.393. The van der Waals surface area contributed by atoms with E-state index in [1.807, 2.05) is 24.3 Å². The Kier molecular flexibility index (Phi) is 7.05. The molecule has 9 nitrogen and oxygen atoms in total. The third kappa shape index (κ3) is 4.94. The number of esters is 1. The third-order valence-electron chi connectivity index (χ3n) is 5.14. The minimum absolute atomic E-state index is 0.117. The molecule has 1 amide bonds. The van der Waals surface area contributed by atoms with Gasteiger partial charge in [0.25, 0.3) is 0 Å². The van der Waals surface area contributed by atoms with E-state index in [4.69, 9.17) is 9.47 Å². The van der Waals surface area contributed by atoms with Gasteiger partial charge in [0.05, 0.1) is 32.1 Å². The average Bonchev–Trinajstić information content (AvgIpc) is 3.41. The standard InChI is InChI=1S/C21H23N5O4S2/c1-29-14-9-7-13(8-10-14)11-26-21(23-24-25-26)31-12-17(27)22-19-18(20(28)30-2)15-5-3-4-6-16(15)32-19/h7-10H,3-6,11-12H2,1-2H3,(H,22,27). The second-order valence-electron chi connectivity index (χ2n) is 7.21. The first kappa shape index (κ1) is 22.3. The summed E-state index contributed by atoms with van der Waals surface area (Å²) in [4.78, 5) is 26.2. The first-order valence-corrected chi connectivity index (χ1v) is 11.9. The SMILES string of the molecule is COC(=O)c1c(NC(=O)CSc2nnnn2Cc2ccc(OC)cc2)sc2c1CCCC2. The molecule has 1 aliphatic rings. The Bertz CT molecular complexity index is 1110. The van der Waals surface area contributed by atoms with Crippen molar-refractivity contribution in [3.05, 3.63) is 45.8 Å². The van der Waals surface area contributed by atoms with Gasteiger partial charge in [-0.05, 0) is 59.4 Å². The lowest BCUT2D eigenvalue weighted by Gasteiger charge is -2.11. The number of rotatable bonds is 8. The number of amides is 1. The largest absolute Gasteiger partial charge is 0.497 e. The number of tetrazole rings is 1. The maximum absolute atomic E-state index is 12.7. The summed E-state index contributed by atoms with van der Waals surface area (Å²) in [6, 6.07) is 7.63. The van der Waals surface area contributed by atoms with Gasteiger partial charge < -0.3 is 14.8 Å². The number of carbonyl (C=O) groups is 2. The van der Waals surface area contributed by atoms with Gasteiger partial charge >= 0.3 is 5.97 Å². The molecule has 1 N–H and O–H groups in total. The van der Waals surface area contributed by atoms with Crippen LogP contribution in [-0.2, 0) is 28.9 Å². The number of thiophene rings is 1. The number of benzene rings is 1. The van der Waals surface area contributed by atoms with Crippen LogP contribution in [0, 0.1) is 0 Å². The summed E-state index contributed by atoms with van der Waals surface area (Å²) in [6.45, 7) is 0.477. The molecule has 0 saturated carbocycles. The lowest BCUT2D eigenvalue weighted by Crippen LogP contribution is -2.17. The number of carbonyl (C=O) groups excluding carboxylic acids is 2. The first-order chi connectivity index (χ1) is 15.6. The fourth-order valence-electron chi connectivity index (χ4n) is 3.57. The molecule has 11 heteroatoms. The van der Waals surface area contributed by atoms with E-state index in [9.17, 15) is 9.59 Å². The average molecular weight is 474 g/mol. The summed E-state index contributed by atoms with van der Waals surface area (Å²) in [5.74, 6) is 0.262. The van der Waals surface area contributed by atoms with Crippen molar-refractivity contribution in [1.82, 2.24) is 20.2 Å². The van der Waals surface area contributed by atoms with Gasteiger partial charge in [0, 0.05) is 4.88 Å². The van der Waals surface area contributed by atoms with Gasteiger partial charge in [0.1, 0.15) is 10.8 Å². The van der Waals surface area contributed by atoms with Crippen LogP contribution in [0.1, 0.15) is 39.2 Å². The summed E-state index contributed by atoms with van der Waals surface area (Å²) in [5, 5.41) is 15.8. The highest BCUT2D eigenvalue weighted by Crippen LogP contribution is 2.38. The highest BCUT2D eigenvalue weighted by atomic mass is 32.2. The van der Waals surface area contributed by atoms with Gasteiger partial charge in [-0.25, -0.2) is 9.48 Å². The van der Waals surface area contributed by atoms with E-state index in [-0.39, 0.29) is 11.7 Å². The fourth-order valence-corrected chi connectivity index (χ4v) is 5.54. The number of aromatic nitrogens is 4. The van der Waals surface area contributed by atoms with Gasteiger partial charge in [0.15, 0.2) is 0 Å². The normalized spacial score (nSPS) is 12.8. The molecule has 32 heavy (non-hydrogen) atoms. The number of hydrogen-bond acceptors (Lipinski definition) is 9. The van der Waals surface area contributed by atoms with E-state index >= 15 is 0 Å². The van der Waals surface area contributed by atoms with Crippen molar-refractivity contribution >= 4 is 40.0 Å². The predicted molar refractivity (Wildman–Crippen MR) is 122 cm³/mol. The number of fused-ring (bicyclic) bond motifs is 1. The molecule has 2 aromatic heterocycles. The van der Waals surface area contributed by atoms with Crippen LogP contribution in [0.15, 0.2) is 29.4 Å². The molecule has 168 valence electrons. The highest BCUT2D eigenvalue weighted by molar-refractivity contribution is 7.99. The maximum Gasteiger partial charge on any atom is 0.341 e. The zero-order valence-corrected chi connectivity index (χ0v) is 19.4. The lowest BCUT2D eigenvalue weighted by atomic mass is 9.95.